The molecule has 0 aliphatic heterocycles. The van der Waals surface area contributed by atoms with Crippen molar-refractivity contribution in [2.24, 2.45) is 0 Å². The van der Waals surface area contributed by atoms with E-state index in [1.165, 1.54) is 6.07 Å². The van der Waals surface area contributed by atoms with Gasteiger partial charge in [0, 0.05) is 11.5 Å². The molecule has 0 aliphatic rings. The topological polar surface area (TPSA) is 56.5 Å². The van der Waals surface area contributed by atoms with Crippen LogP contribution in [-0.2, 0) is 4.79 Å². The van der Waals surface area contributed by atoms with Crippen molar-refractivity contribution in [3.8, 4) is 5.75 Å². The number of benzene rings is 1. The molecule has 1 aromatic heterocycles. The quantitative estimate of drug-likeness (QED) is 0.400. The van der Waals surface area contributed by atoms with Crippen molar-refractivity contribution in [3.63, 3.8) is 0 Å². The molecule has 0 unspecified atom stereocenters. The first kappa shape index (κ1) is 14.9. The summed E-state index contributed by atoms with van der Waals surface area (Å²) in [5.74, 6) is -0.405. The Morgan fingerprint density at radius 3 is 2.65 bits per heavy atom. The molecule has 2 rings (SSSR count). The highest BCUT2D eigenvalue weighted by Crippen LogP contribution is 2.34. The minimum atomic E-state index is -0.953. The normalized spacial score (nSPS) is 11.7. The van der Waals surface area contributed by atoms with E-state index in [-0.39, 0.29) is 16.4 Å². The minimum Gasteiger partial charge on any atom is -0.424 e. The van der Waals surface area contributed by atoms with Gasteiger partial charge in [0.15, 0.2) is 11.3 Å². The molecule has 1 heterocycles. The van der Waals surface area contributed by atoms with E-state index in [2.05, 4.69) is 12.6 Å². The summed E-state index contributed by atoms with van der Waals surface area (Å²) in [6, 6.07) is 4.63. The van der Waals surface area contributed by atoms with Crippen molar-refractivity contribution in [2.45, 2.75) is 25.5 Å². The summed E-state index contributed by atoms with van der Waals surface area (Å²) in [6.07, 6.45) is 0. The van der Waals surface area contributed by atoms with Crippen molar-refractivity contribution in [1.29, 1.82) is 0 Å². The molecule has 106 valence electrons. The van der Waals surface area contributed by atoms with Gasteiger partial charge in [-0.3, -0.25) is 4.79 Å². The van der Waals surface area contributed by atoms with Gasteiger partial charge >= 0.3 is 11.6 Å². The SMILES string of the molecule is Cc1cc(=O)oc2c(Cl)c(OC(=O)C(C)(C)S)ccc12. The first-order valence-electron chi connectivity index (χ1n) is 5.88. The van der Waals surface area contributed by atoms with Crippen molar-refractivity contribution < 1.29 is 13.9 Å². The monoisotopic (exact) mass is 312 g/mol. The Morgan fingerprint density at radius 1 is 1.40 bits per heavy atom. The van der Waals surface area contributed by atoms with E-state index in [1.807, 2.05) is 0 Å². The van der Waals surface area contributed by atoms with Crippen molar-refractivity contribution in [3.05, 3.63) is 39.2 Å². The number of rotatable bonds is 2. The Kier molecular flexibility index (Phi) is 3.84. The molecule has 1 aromatic carbocycles. The van der Waals surface area contributed by atoms with Crippen LogP contribution in [0.2, 0.25) is 5.02 Å². The largest absolute Gasteiger partial charge is 0.424 e. The lowest BCUT2D eigenvalue weighted by Crippen LogP contribution is -2.29. The Hall–Kier alpha value is -1.46. The van der Waals surface area contributed by atoms with Gasteiger partial charge in [-0.2, -0.15) is 12.6 Å². The molecule has 0 atom stereocenters. The molecule has 0 N–H and O–H groups in total. The van der Waals surface area contributed by atoms with Crippen LogP contribution in [0.4, 0.5) is 0 Å². The highest BCUT2D eigenvalue weighted by molar-refractivity contribution is 7.82. The Bertz CT molecular complexity index is 743. The number of fused-ring (bicyclic) bond motifs is 1. The van der Waals surface area contributed by atoms with Crippen LogP contribution < -0.4 is 10.4 Å². The van der Waals surface area contributed by atoms with Gasteiger partial charge in [0.1, 0.15) is 9.77 Å². The van der Waals surface area contributed by atoms with Crippen molar-refractivity contribution in [1.82, 2.24) is 0 Å². The minimum absolute atomic E-state index is 0.0919. The summed E-state index contributed by atoms with van der Waals surface area (Å²) in [7, 11) is 0. The lowest BCUT2D eigenvalue weighted by Gasteiger charge is -2.16. The molecule has 0 aliphatic carbocycles. The van der Waals surface area contributed by atoms with Crippen LogP contribution in [0.15, 0.2) is 27.4 Å². The molecule has 4 nitrogen and oxygen atoms in total. The van der Waals surface area contributed by atoms with Crippen LogP contribution in [0.3, 0.4) is 0 Å². The first-order valence-corrected chi connectivity index (χ1v) is 6.70. The standard InChI is InChI=1S/C14H13ClO4S/c1-7-6-10(16)19-12-8(7)4-5-9(11(12)15)18-13(17)14(2,3)20/h4-6,20H,1-3H3. The highest BCUT2D eigenvalue weighted by Gasteiger charge is 2.26. The van der Waals surface area contributed by atoms with Crippen LogP contribution in [0.25, 0.3) is 11.0 Å². The highest BCUT2D eigenvalue weighted by atomic mass is 35.5. The van der Waals surface area contributed by atoms with Gasteiger partial charge in [0.2, 0.25) is 0 Å². The molecule has 2 aromatic rings. The third-order valence-corrected chi connectivity index (χ3v) is 3.27. The Labute approximate surface area is 126 Å². The summed E-state index contributed by atoms with van der Waals surface area (Å²) < 4.78 is 9.32. The second-order valence-corrected chi connectivity index (χ2v) is 6.45. The maximum absolute atomic E-state index is 11.8. The van der Waals surface area contributed by atoms with E-state index < -0.39 is 16.3 Å². The van der Waals surface area contributed by atoms with E-state index in [9.17, 15) is 9.59 Å². The smallest absolute Gasteiger partial charge is 0.336 e. The molecule has 0 radical (unpaired) electrons. The summed E-state index contributed by atoms with van der Waals surface area (Å²) in [6.45, 7) is 4.99. The molecule has 0 saturated carbocycles. The average Bonchev–Trinajstić information content (AvgIpc) is 2.32. The predicted molar refractivity (Wildman–Crippen MR) is 80.9 cm³/mol. The number of hydrogen-bond donors (Lipinski definition) is 1. The molecule has 0 amide bonds. The van der Waals surface area contributed by atoms with E-state index in [1.54, 1.807) is 32.9 Å². The molecule has 0 saturated heterocycles. The number of halogens is 1. The number of hydrogen-bond acceptors (Lipinski definition) is 5. The van der Waals surface area contributed by atoms with Crippen molar-refractivity contribution >= 4 is 41.2 Å². The van der Waals surface area contributed by atoms with Gasteiger partial charge in [-0.25, -0.2) is 4.79 Å². The van der Waals surface area contributed by atoms with E-state index >= 15 is 0 Å². The van der Waals surface area contributed by atoms with Crippen LogP contribution in [0, 0.1) is 6.92 Å². The number of esters is 1. The summed E-state index contributed by atoms with van der Waals surface area (Å²) in [5.41, 5.74) is 0.444. The maximum Gasteiger partial charge on any atom is 0.336 e. The zero-order valence-corrected chi connectivity index (χ0v) is 12.8. The van der Waals surface area contributed by atoms with E-state index in [0.717, 1.165) is 5.56 Å². The van der Waals surface area contributed by atoms with Gasteiger partial charge in [0.05, 0.1) is 0 Å². The molecule has 20 heavy (non-hydrogen) atoms. The lowest BCUT2D eigenvalue weighted by molar-refractivity contribution is -0.136. The van der Waals surface area contributed by atoms with Crippen LogP contribution >= 0.6 is 24.2 Å². The van der Waals surface area contributed by atoms with Gasteiger partial charge in [-0.05, 0) is 38.5 Å². The van der Waals surface area contributed by atoms with Gasteiger partial charge in [-0.1, -0.05) is 11.6 Å². The van der Waals surface area contributed by atoms with Crippen LogP contribution in [0.5, 0.6) is 5.75 Å². The fraction of sp³-hybridized carbons (Fsp3) is 0.286. The average molecular weight is 313 g/mol. The Balaban J connectivity index is 2.55. The number of aryl methyl sites for hydroxylation is 1. The third kappa shape index (κ3) is 2.83. The van der Waals surface area contributed by atoms with Crippen LogP contribution in [-0.4, -0.2) is 10.7 Å². The fourth-order valence-corrected chi connectivity index (χ4v) is 1.92. The van der Waals surface area contributed by atoms with Gasteiger partial charge in [-0.15, -0.1) is 0 Å². The predicted octanol–water partition coefficient (Wildman–Crippen LogP) is 3.37. The second kappa shape index (κ2) is 5.14. The van der Waals surface area contributed by atoms with Crippen LogP contribution in [0.1, 0.15) is 19.4 Å². The van der Waals surface area contributed by atoms with E-state index in [4.69, 9.17) is 20.8 Å². The fourth-order valence-electron chi connectivity index (χ4n) is 1.64. The Morgan fingerprint density at radius 2 is 2.05 bits per heavy atom. The molecule has 0 fully saturated rings. The molecule has 0 bridgehead atoms. The molecular weight excluding hydrogens is 300 g/mol. The zero-order valence-electron chi connectivity index (χ0n) is 11.2. The number of carbonyl (C=O) groups is 1. The van der Waals surface area contributed by atoms with E-state index in [0.29, 0.717) is 5.39 Å². The maximum atomic E-state index is 11.8. The number of ether oxygens (including phenoxy) is 1. The zero-order chi connectivity index (χ0) is 15.1. The van der Waals surface area contributed by atoms with Crippen molar-refractivity contribution in [2.75, 3.05) is 0 Å². The number of thiol groups is 1. The number of carbonyl (C=O) groups excluding carboxylic acids is 1. The molecule has 6 heteroatoms. The summed E-state index contributed by atoms with van der Waals surface area (Å²) in [5, 5.41) is 0.786. The second-order valence-electron chi connectivity index (χ2n) is 4.95. The summed E-state index contributed by atoms with van der Waals surface area (Å²) in [4.78, 5) is 23.2. The van der Waals surface area contributed by atoms with Gasteiger partial charge in [0.25, 0.3) is 0 Å². The molecule has 0 spiro atoms. The lowest BCUT2D eigenvalue weighted by atomic mass is 10.1. The first-order chi connectivity index (χ1) is 9.20. The third-order valence-electron chi connectivity index (χ3n) is 2.73. The molecular formula is C14H13ClO4S. The van der Waals surface area contributed by atoms with Gasteiger partial charge < -0.3 is 9.15 Å². The summed E-state index contributed by atoms with van der Waals surface area (Å²) >= 11 is 10.3.